The van der Waals surface area contributed by atoms with E-state index in [0.717, 1.165) is 59.0 Å². The fourth-order valence-corrected chi connectivity index (χ4v) is 4.85. The molecule has 158 valence electrons. The number of fused-ring (bicyclic) bond motifs is 3. The van der Waals surface area contributed by atoms with Crippen LogP contribution in [0.3, 0.4) is 0 Å². The fraction of sp³-hybridized carbons (Fsp3) is 0.368. The maximum atomic E-state index is 13.0. The lowest BCUT2D eigenvalue weighted by Crippen LogP contribution is -2.34. The second-order valence-corrected chi connectivity index (χ2v) is 8.58. The Balaban J connectivity index is 1.66. The van der Waals surface area contributed by atoms with E-state index in [4.69, 9.17) is 11.6 Å². The number of thiophene rings is 1. The molecule has 11 heteroatoms. The number of hydrogen-bond donors (Lipinski definition) is 1. The van der Waals surface area contributed by atoms with E-state index < -0.39 is 29.2 Å². The second kappa shape index (κ2) is 7.66. The van der Waals surface area contributed by atoms with Crippen LogP contribution < -0.4 is 10.9 Å². The van der Waals surface area contributed by atoms with E-state index in [2.05, 4.69) is 15.6 Å². The molecule has 2 aromatic heterocycles. The van der Waals surface area contributed by atoms with E-state index >= 15 is 0 Å². The van der Waals surface area contributed by atoms with Crippen molar-refractivity contribution in [2.24, 2.45) is 0 Å². The van der Waals surface area contributed by atoms with Gasteiger partial charge in [-0.3, -0.25) is 9.59 Å². The Bertz CT molecular complexity index is 1200. The first kappa shape index (κ1) is 20.8. The van der Waals surface area contributed by atoms with Crippen molar-refractivity contribution in [3.8, 4) is 0 Å². The number of aryl methyl sites for hydroxylation is 2. The first-order valence-corrected chi connectivity index (χ1v) is 10.4. The van der Waals surface area contributed by atoms with Crippen molar-refractivity contribution in [1.29, 1.82) is 0 Å². The molecule has 0 saturated carbocycles. The van der Waals surface area contributed by atoms with Gasteiger partial charge in [-0.1, -0.05) is 16.8 Å². The summed E-state index contributed by atoms with van der Waals surface area (Å²) >= 11 is 7.38. The van der Waals surface area contributed by atoms with Gasteiger partial charge in [0, 0.05) is 4.88 Å². The molecule has 0 unspecified atom stereocenters. The largest absolute Gasteiger partial charge is 0.416 e. The smallest absolute Gasteiger partial charge is 0.323 e. The van der Waals surface area contributed by atoms with Gasteiger partial charge in [0.1, 0.15) is 6.04 Å². The van der Waals surface area contributed by atoms with Gasteiger partial charge in [-0.2, -0.15) is 17.9 Å². The molecule has 1 aliphatic carbocycles. The number of carbonyl (C=O) groups excluding carboxylic acids is 1. The summed E-state index contributed by atoms with van der Waals surface area (Å²) in [5.74, 6) is -0.726. The Kier molecular flexibility index (Phi) is 5.31. The molecule has 1 aromatic carbocycles. The molecule has 2 heterocycles. The van der Waals surface area contributed by atoms with Crippen LogP contribution in [0.5, 0.6) is 0 Å². The maximum absolute atomic E-state index is 13.0. The first-order chi connectivity index (χ1) is 14.2. The van der Waals surface area contributed by atoms with Crippen molar-refractivity contribution in [3.05, 3.63) is 49.6 Å². The predicted molar refractivity (Wildman–Crippen MR) is 108 cm³/mol. The molecule has 0 fully saturated rings. The highest BCUT2D eigenvalue weighted by Gasteiger charge is 2.31. The second-order valence-electron chi connectivity index (χ2n) is 7.09. The Morgan fingerprint density at radius 3 is 2.77 bits per heavy atom. The lowest BCUT2D eigenvalue weighted by molar-refractivity contribution is -0.137. The Morgan fingerprint density at radius 1 is 1.30 bits per heavy atom. The summed E-state index contributed by atoms with van der Waals surface area (Å²) < 4.78 is 39.8. The van der Waals surface area contributed by atoms with E-state index in [1.807, 2.05) is 0 Å². The minimum absolute atomic E-state index is 0.0515. The zero-order valence-electron chi connectivity index (χ0n) is 15.7. The van der Waals surface area contributed by atoms with Crippen LogP contribution in [0.25, 0.3) is 10.2 Å². The Labute approximate surface area is 177 Å². The molecular formula is C19H16ClF3N4O2S. The van der Waals surface area contributed by atoms with Crippen molar-refractivity contribution >= 4 is 44.7 Å². The SMILES string of the molecule is C[C@H](C(=O)Nc1cc(C(F)(F)F)ccc1Cl)n1nnc2sc3c(c2c1=O)CCCC3. The van der Waals surface area contributed by atoms with E-state index in [1.165, 1.54) is 18.3 Å². The van der Waals surface area contributed by atoms with Gasteiger partial charge in [-0.05, 0) is 56.4 Å². The quantitative estimate of drug-likeness (QED) is 0.624. The van der Waals surface area contributed by atoms with Gasteiger partial charge in [0.25, 0.3) is 5.56 Å². The number of carbonyl (C=O) groups is 1. The van der Waals surface area contributed by atoms with Crippen LogP contribution in [0.2, 0.25) is 5.02 Å². The molecule has 0 aliphatic heterocycles. The zero-order chi connectivity index (χ0) is 21.6. The minimum Gasteiger partial charge on any atom is -0.323 e. The van der Waals surface area contributed by atoms with Gasteiger partial charge in [0.2, 0.25) is 5.91 Å². The molecule has 0 bridgehead atoms. The summed E-state index contributed by atoms with van der Waals surface area (Å²) in [6, 6.07) is 1.53. The average molecular weight is 457 g/mol. The van der Waals surface area contributed by atoms with Crippen molar-refractivity contribution in [3.63, 3.8) is 0 Å². The van der Waals surface area contributed by atoms with Gasteiger partial charge in [0.15, 0.2) is 4.83 Å². The van der Waals surface area contributed by atoms with Gasteiger partial charge in [0.05, 0.1) is 21.7 Å². The highest BCUT2D eigenvalue weighted by Crippen LogP contribution is 2.35. The number of nitrogens with one attached hydrogen (secondary N) is 1. The van der Waals surface area contributed by atoms with Crippen LogP contribution in [0.4, 0.5) is 18.9 Å². The van der Waals surface area contributed by atoms with Crippen LogP contribution in [0, 0.1) is 0 Å². The number of nitrogens with zero attached hydrogens (tertiary/aromatic N) is 3. The molecule has 1 aliphatic rings. The number of hydrogen-bond acceptors (Lipinski definition) is 5. The van der Waals surface area contributed by atoms with Crippen molar-refractivity contribution in [1.82, 2.24) is 15.0 Å². The molecule has 30 heavy (non-hydrogen) atoms. The van der Waals surface area contributed by atoms with Crippen LogP contribution in [-0.2, 0) is 23.8 Å². The number of alkyl halides is 3. The van der Waals surface area contributed by atoms with E-state index in [0.29, 0.717) is 10.2 Å². The summed E-state index contributed by atoms with van der Waals surface area (Å²) in [5, 5.41) is 10.8. The summed E-state index contributed by atoms with van der Waals surface area (Å²) in [6.07, 6.45) is -0.888. The lowest BCUT2D eigenvalue weighted by Gasteiger charge is -2.16. The minimum atomic E-state index is -4.58. The van der Waals surface area contributed by atoms with E-state index in [1.54, 1.807) is 0 Å². The molecule has 6 nitrogen and oxygen atoms in total. The van der Waals surface area contributed by atoms with Crippen LogP contribution >= 0.6 is 22.9 Å². The number of aromatic nitrogens is 3. The molecule has 0 spiro atoms. The van der Waals surface area contributed by atoms with E-state index in [-0.39, 0.29) is 10.7 Å². The third kappa shape index (κ3) is 3.69. The van der Waals surface area contributed by atoms with E-state index in [9.17, 15) is 22.8 Å². The fourth-order valence-electron chi connectivity index (χ4n) is 3.49. The van der Waals surface area contributed by atoms with Crippen LogP contribution in [0.15, 0.2) is 23.0 Å². The molecule has 0 radical (unpaired) electrons. The first-order valence-electron chi connectivity index (χ1n) is 9.24. The Hall–Kier alpha value is -2.46. The predicted octanol–water partition coefficient (Wildman–Crippen LogP) is 4.60. The van der Waals surface area contributed by atoms with Gasteiger partial charge in [-0.15, -0.1) is 16.4 Å². The summed E-state index contributed by atoms with van der Waals surface area (Å²) in [6.45, 7) is 1.43. The topological polar surface area (TPSA) is 76.9 Å². The third-order valence-corrected chi connectivity index (χ3v) is 6.61. The standard InChI is InChI=1S/C19H16ClF3N4O2S/c1-9(16(28)24-13-8-10(19(21,22)23)6-7-12(13)20)27-18(29)15-11-4-2-3-5-14(11)30-17(15)25-26-27/h6-9H,2-5H2,1H3,(H,24,28)/t9-/m1/s1. The highest BCUT2D eigenvalue weighted by atomic mass is 35.5. The van der Waals surface area contributed by atoms with Crippen LogP contribution in [-0.4, -0.2) is 20.9 Å². The highest BCUT2D eigenvalue weighted by molar-refractivity contribution is 7.18. The molecule has 3 aromatic rings. The van der Waals surface area contributed by atoms with Gasteiger partial charge >= 0.3 is 6.18 Å². The number of halogens is 4. The van der Waals surface area contributed by atoms with Crippen molar-refractivity contribution < 1.29 is 18.0 Å². The summed E-state index contributed by atoms with van der Waals surface area (Å²) in [4.78, 5) is 27.3. The summed E-state index contributed by atoms with van der Waals surface area (Å²) in [7, 11) is 0. The third-order valence-electron chi connectivity index (χ3n) is 5.10. The van der Waals surface area contributed by atoms with Gasteiger partial charge in [-0.25, -0.2) is 0 Å². The Morgan fingerprint density at radius 2 is 2.03 bits per heavy atom. The molecule has 0 saturated heterocycles. The van der Waals surface area contributed by atoms with Crippen LogP contribution in [0.1, 0.15) is 41.8 Å². The maximum Gasteiger partial charge on any atom is 0.416 e. The number of amides is 1. The molecular weight excluding hydrogens is 441 g/mol. The summed E-state index contributed by atoms with van der Waals surface area (Å²) in [5.41, 5.74) is -0.614. The monoisotopic (exact) mass is 456 g/mol. The zero-order valence-corrected chi connectivity index (χ0v) is 17.3. The molecule has 1 amide bonds. The van der Waals surface area contributed by atoms with Gasteiger partial charge < -0.3 is 5.32 Å². The number of rotatable bonds is 3. The molecule has 1 atom stereocenters. The average Bonchev–Trinajstić information content (AvgIpc) is 3.08. The number of benzene rings is 1. The molecule has 4 rings (SSSR count). The molecule has 1 N–H and O–H groups in total. The van der Waals surface area contributed by atoms with Crippen molar-refractivity contribution in [2.75, 3.05) is 5.32 Å². The lowest BCUT2D eigenvalue weighted by atomic mass is 9.97. The number of anilines is 1. The van der Waals surface area contributed by atoms with Crippen molar-refractivity contribution in [2.45, 2.75) is 44.8 Å². The normalized spacial score (nSPS) is 15.1.